The molecule has 4 heteroatoms. The van der Waals surface area contributed by atoms with Crippen LogP contribution in [0.2, 0.25) is 0 Å². The summed E-state index contributed by atoms with van der Waals surface area (Å²) in [5, 5.41) is 9.89. The maximum Gasteiger partial charge on any atom is 0.123 e. The summed E-state index contributed by atoms with van der Waals surface area (Å²) in [5.41, 5.74) is 2.37. The van der Waals surface area contributed by atoms with Crippen molar-refractivity contribution in [3.05, 3.63) is 39.3 Å². The van der Waals surface area contributed by atoms with E-state index in [1.165, 1.54) is 5.56 Å². The fourth-order valence-electron chi connectivity index (χ4n) is 1.48. The highest BCUT2D eigenvalue weighted by atomic mass is 79.9. The summed E-state index contributed by atoms with van der Waals surface area (Å²) in [6.45, 7) is 2.26. The predicted molar refractivity (Wildman–Crippen MR) is 70.8 cm³/mol. The molecule has 0 aliphatic heterocycles. The molecule has 0 radical (unpaired) electrons. The van der Waals surface area contributed by atoms with Gasteiger partial charge in [0.2, 0.25) is 0 Å². The van der Waals surface area contributed by atoms with Crippen molar-refractivity contribution in [1.82, 2.24) is 4.98 Å². The van der Waals surface area contributed by atoms with Crippen molar-refractivity contribution >= 4 is 27.3 Å². The lowest BCUT2D eigenvalue weighted by Crippen LogP contribution is -1.84. The summed E-state index contributed by atoms with van der Waals surface area (Å²) >= 11 is 5.11. The second kappa shape index (κ2) is 5.08. The van der Waals surface area contributed by atoms with Gasteiger partial charge in [-0.25, -0.2) is 4.98 Å². The maximum absolute atomic E-state index is 8.87. The second-order valence-electron chi connectivity index (χ2n) is 3.56. The smallest absolute Gasteiger partial charge is 0.123 e. The van der Waals surface area contributed by atoms with Crippen LogP contribution >= 0.6 is 27.3 Å². The van der Waals surface area contributed by atoms with Crippen LogP contribution in [0.25, 0.3) is 10.6 Å². The van der Waals surface area contributed by atoms with Gasteiger partial charge in [-0.15, -0.1) is 11.3 Å². The Bertz CT molecular complexity index is 496. The first kappa shape index (κ1) is 11.8. The van der Waals surface area contributed by atoms with E-state index in [2.05, 4.69) is 40.0 Å². The van der Waals surface area contributed by atoms with Crippen LogP contribution in [0.4, 0.5) is 0 Å². The number of hydrogen-bond donors (Lipinski definition) is 1. The normalized spacial score (nSPS) is 10.7. The van der Waals surface area contributed by atoms with Gasteiger partial charge in [-0.1, -0.05) is 22.0 Å². The van der Waals surface area contributed by atoms with Gasteiger partial charge in [0.05, 0.1) is 0 Å². The molecule has 0 aliphatic rings. The summed E-state index contributed by atoms with van der Waals surface area (Å²) in [5.74, 6) is 0. The average Bonchev–Trinajstić information content (AvgIpc) is 2.71. The summed E-state index contributed by atoms with van der Waals surface area (Å²) in [6.07, 6.45) is 2.53. The molecule has 1 N–H and O–H groups in total. The number of halogens is 1. The number of benzene rings is 1. The molecule has 0 atom stereocenters. The number of thiazole rings is 1. The van der Waals surface area contributed by atoms with E-state index in [0.717, 1.165) is 19.9 Å². The van der Waals surface area contributed by atoms with Crippen LogP contribution in [0.3, 0.4) is 0 Å². The summed E-state index contributed by atoms with van der Waals surface area (Å²) in [6, 6.07) is 6.19. The Morgan fingerprint density at radius 3 is 3.00 bits per heavy atom. The molecule has 16 heavy (non-hydrogen) atoms. The van der Waals surface area contributed by atoms with Crippen LogP contribution < -0.4 is 0 Å². The fourth-order valence-corrected chi connectivity index (χ4v) is 2.83. The van der Waals surface area contributed by atoms with Crippen molar-refractivity contribution in [3.8, 4) is 10.6 Å². The Morgan fingerprint density at radius 1 is 1.44 bits per heavy atom. The van der Waals surface area contributed by atoms with Crippen LogP contribution in [-0.2, 0) is 6.42 Å². The fraction of sp³-hybridized carbons (Fsp3) is 0.250. The first-order chi connectivity index (χ1) is 7.70. The van der Waals surface area contributed by atoms with E-state index >= 15 is 0 Å². The van der Waals surface area contributed by atoms with Crippen molar-refractivity contribution in [1.29, 1.82) is 0 Å². The topological polar surface area (TPSA) is 33.1 Å². The lowest BCUT2D eigenvalue weighted by molar-refractivity contribution is 0.300. The molecule has 0 unspecified atom stereocenters. The highest BCUT2D eigenvalue weighted by Crippen LogP contribution is 2.30. The molecule has 2 nitrogen and oxygen atoms in total. The molecule has 2 rings (SSSR count). The minimum atomic E-state index is 0.180. The number of rotatable bonds is 3. The summed E-state index contributed by atoms with van der Waals surface area (Å²) in [4.78, 5) is 5.52. The van der Waals surface area contributed by atoms with Gasteiger partial charge in [0, 0.05) is 34.1 Å². The zero-order chi connectivity index (χ0) is 11.5. The van der Waals surface area contributed by atoms with Crippen LogP contribution in [-0.4, -0.2) is 16.7 Å². The molecule has 1 aromatic heterocycles. The number of aromatic nitrogens is 1. The monoisotopic (exact) mass is 297 g/mol. The molecule has 0 saturated carbocycles. The van der Waals surface area contributed by atoms with E-state index in [9.17, 15) is 0 Å². The second-order valence-corrected chi connectivity index (χ2v) is 5.60. The third kappa shape index (κ3) is 2.51. The quantitative estimate of drug-likeness (QED) is 0.942. The summed E-state index contributed by atoms with van der Waals surface area (Å²) < 4.78 is 1.06. The van der Waals surface area contributed by atoms with Crippen LogP contribution in [0.15, 0.2) is 28.9 Å². The molecule has 0 saturated heterocycles. The number of aryl methyl sites for hydroxylation is 1. The van der Waals surface area contributed by atoms with E-state index in [0.29, 0.717) is 6.42 Å². The van der Waals surface area contributed by atoms with Crippen LogP contribution in [0.5, 0.6) is 0 Å². The van der Waals surface area contributed by atoms with Gasteiger partial charge in [0.25, 0.3) is 0 Å². The lowest BCUT2D eigenvalue weighted by Gasteiger charge is -2.02. The first-order valence-corrected chi connectivity index (χ1v) is 6.64. The Kier molecular flexibility index (Phi) is 3.74. The third-order valence-electron chi connectivity index (χ3n) is 2.34. The molecule has 0 aliphatic carbocycles. The molecule has 0 fully saturated rings. The molecule has 0 amide bonds. The van der Waals surface area contributed by atoms with Crippen molar-refractivity contribution in [3.63, 3.8) is 0 Å². The van der Waals surface area contributed by atoms with E-state index in [-0.39, 0.29) is 6.61 Å². The van der Waals surface area contributed by atoms with Crippen LogP contribution in [0.1, 0.15) is 10.4 Å². The minimum Gasteiger partial charge on any atom is -0.396 e. The third-order valence-corrected chi connectivity index (χ3v) is 3.93. The highest BCUT2D eigenvalue weighted by molar-refractivity contribution is 9.10. The standard InChI is InChI=1S/C12H12BrNOS/c1-8-2-3-9(13)6-11(8)12-14-7-10(16-12)4-5-15/h2-3,6-7,15H,4-5H2,1H3. The molecule has 0 bridgehead atoms. The van der Waals surface area contributed by atoms with Gasteiger partial charge in [-0.2, -0.15) is 0 Å². The largest absolute Gasteiger partial charge is 0.396 e. The SMILES string of the molecule is Cc1ccc(Br)cc1-c1ncc(CCO)s1. The lowest BCUT2D eigenvalue weighted by atomic mass is 10.1. The average molecular weight is 298 g/mol. The van der Waals surface area contributed by atoms with Gasteiger partial charge in [0.1, 0.15) is 5.01 Å². The molecular formula is C12H12BrNOS. The highest BCUT2D eigenvalue weighted by Gasteiger charge is 2.07. The number of nitrogens with zero attached hydrogens (tertiary/aromatic N) is 1. The zero-order valence-corrected chi connectivity index (χ0v) is 11.3. The van der Waals surface area contributed by atoms with Crippen molar-refractivity contribution in [2.75, 3.05) is 6.61 Å². The Balaban J connectivity index is 2.38. The minimum absolute atomic E-state index is 0.180. The van der Waals surface area contributed by atoms with Crippen molar-refractivity contribution in [2.24, 2.45) is 0 Å². The van der Waals surface area contributed by atoms with Gasteiger partial charge >= 0.3 is 0 Å². The molecule has 2 aromatic rings. The Hall–Kier alpha value is -0.710. The summed E-state index contributed by atoms with van der Waals surface area (Å²) in [7, 11) is 0. The zero-order valence-electron chi connectivity index (χ0n) is 8.90. The van der Waals surface area contributed by atoms with Crippen molar-refractivity contribution in [2.45, 2.75) is 13.3 Å². The molecule has 1 aromatic carbocycles. The Morgan fingerprint density at radius 2 is 2.25 bits per heavy atom. The predicted octanol–water partition coefficient (Wildman–Crippen LogP) is 3.42. The van der Waals surface area contributed by atoms with E-state index in [1.54, 1.807) is 11.3 Å². The Labute approximate surface area is 107 Å². The van der Waals surface area contributed by atoms with E-state index in [4.69, 9.17) is 5.11 Å². The van der Waals surface area contributed by atoms with Crippen LogP contribution in [0, 0.1) is 6.92 Å². The number of aliphatic hydroxyl groups is 1. The molecular weight excluding hydrogens is 286 g/mol. The van der Waals surface area contributed by atoms with Crippen molar-refractivity contribution < 1.29 is 5.11 Å². The molecule has 0 spiro atoms. The molecule has 84 valence electrons. The number of aliphatic hydroxyl groups excluding tert-OH is 1. The van der Waals surface area contributed by atoms with Gasteiger partial charge in [-0.05, 0) is 24.6 Å². The molecule has 1 heterocycles. The van der Waals surface area contributed by atoms with Gasteiger partial charge in [-0.3, -0.25) is 0 Å². The number of hydrogen-bond acceptors (Lipinski definition) is 3. The maximum atomic E-state index is 8.87. The van der Waals surface area contributed by atoms with Gasteiger partial charge < -0.3 is 5.11 Å². The van der Waals surface area contributed by atoms with E-state index in [1.807, 2.05) is 12.3 Å². The first-order valence-electron chi connectivity index (χ1n) is 5.03. The van der Waals surface area contributed by atoms with E-state index < -0.39 is 0 Å². The van der Waals surface area contributed by atoms with Gasteiger partial charge in [0.15, 0.2) is 0 Å².